The van der Waals surface area contributed by atoms with Gasteiger partial charge in [-0.05, 0) is 37.8 Å². The highest BCUT2D eigenvalue weighted by Gasteiger charge is 2.21. The van der Waals surface area contributed by atoms with Crippen molar-refractivity contribution in [1.82, 2.24) is 10.6 Å². The molecule has 1 atom stereocenters. The lowest BCUT2D eigenvalue weighted by atomic mass is 10.1. The Morgan fingerprint density at radius 3 is 2.70 bits per heavy atom. The Morgan fingerprint density at radius 1 is 1.20 bits per heavy atom. The van der Waals surface area contributed by atoms with Gasteiger partial charge in [0.05, 0.1) is 5.92 Å². The van der Waals surface area contributed by atoms with Crippen molar-refractivity contribution >= 4 is 18.3 Å². The number of amides is 1. The lowest BCUT2D eigenvalue weighted by Gasteiger charge is -2.09. The minimum Gasteiger partial charge on any atom is -0.356 e. The first kappa shape index (κ1) is 17.0. The number of hydrogen-bond acceptors (Lipinski definition) is 2. The molecule has 20 heavy (non-hydrogen) atoms. The zero-order chi connectivity index (χ0) is 13.3. The minimum atomic E-state index is 0. The molecule has 2 rings (SSSR count). The summed E-state index contributed by atoms with van der Waals surface area (Å²) in [6.45, 7) is 2.65. The number of nitrogens with one attached hydrogen (secondary N) is 2. The molecular weight excluding hydrogens is 272 g/mol. The molecule has 1 aromatic rings. The average molecular weight is 297 g/mol. The Hall–Kier alpha value is -1.06. The first-order valence-electron chi connectivity index (χ1n) is 7.38. The summed E-state index contributed by atoms with van der Waals surface area (Å²) < 4.78 is 0. The van der Waals surface area contributed by atoms with Crippen LogP contribution in [0.15, 0.2) is 30.3 Å². The molecule has 1 heterocycles. The largest absolute Gasteiger partial charge is 0.356 e. The van der Waals surface area contributed by atoms with Gasteiger partial charge >= 0.3 is 0 Å². The molecule has 0 saturated carbocycles. The van der Waals surface area contributed by atoms with E-state index in [1.54, 1.807) is 0 Å². The van der Waals surface area contributed by atoms with Crippen LogP contribution in [-0.2, 0) is 11.2 Å². The van der Waals surface area contributed by atoms with E-state index < -0.39 is 0 Å². The normalized spacial score (nSPS) is 17.5. The highest BCUT2D eigenvalue weighted by Crippen LogP contribution is 2.08. The van der Waals surface area contributed by atoms with Gasteiger partial charge in [0.1, 0.15) is 0 Å². The fourth-order valence-electron chi connectivity index (χ4n) is 2.51. The number of rotatable bonds is 7. The quantitative estimate of drug-likeness (QED) is 0.759. The third kappa shape index (κ3) is 5.93. The summed E-state index contributed by atoms with van der Waals surface area (Å²) in [4.78, 5) is 11.7. The summed E-state index contributed by atoms with van der Waals surface area (Å²) in [7, 11) is 0. The predicted octanol–water partition coefficient (Wildman–Crippen LogP) is 2.55. The minimum absolute atomic E-state index is 0. The Morgan fingerprint density at radius 2 is 2.00 bits per heavy atom. The van der Waals surface area contributed by atoms with Crippen molar-refractivity contribution in [1.29, 1.82) is 0 Å². The van der Waals surface area contributed by atoms with Crippen molar-refractivity contribution in [3.05, 3.63) is 35.9 Å². The number of aryl methyl sites for hydroxylation is 1. The van der Waals surface area contributed by atoms with Crippen molar-refractivity contribution < 1.29 is 4.79 Å². The molecule has 1 fully saturated rings. The lowest BCUT2D eigenvalue weighted by molar-refractivity contribution is -0.124. The van der Waals surface area contributed by atoms with Gasteiger partial charge in [-0.15, -0.1) is 12.4 Å². The van der Waals surface area contributed by atoms with Crippen LogP contribution in [0.4, 0.5) is 0 Å². The van der Waals surface area contributed by atoms with Gasteiger partial charge in [-0.3, -0.25) is 4.79 Å². The standard InChI is InChI=1S/C16H24N2O.ClH/c19-16(15-10-12-17-13-15)18-11-6-2-5-9-14-7-3-1-4-8-14;/h1,3-4,7-8,15,17H,2,5-6,9-13H2,(H,18,19);1H. The molecule has 0 aliphatic carbocycles. The molecule has 112 valence electrons. The maximum atomic E-state index is 11.7. The third-order valence-corrected chi connectivity index (χ3v) is 3.72. The second-order valence-corrected chi connectivity index (χ2v) is 5.28. The molecule has 4 heteroatoms. The van der Waals surface area contributed by atoms with Crippen LogP contribution in [0.3, 0.4) is 0 Å². The summed E-state index contributed by atoms with van der Waals surface area (Å²) in [5.74, 6) is 0.428. The van der Waals surface area contributed by atoms with Crippen molar-refractivity contribution in [2.75, 3.05) is 19.6 Å². The van der Waals surface area contributed by atoms with Gasteiger partial charge in [0.15, 0.2) is 0 Å². The lowest BCUT2D eigenvalue weighted by Crippen LogP contribution is -2.32. The van der Waals surface area contributed by atoms with Crippen LogP contribution in [0.5, 0.6) is 0 Å². The molecule has 1 aliphatic rings. The van der Waals surface area contributed by atoms with E-state index in [2.05, 4.69) is 41.0 Å². The van der Waals surface area contributed by atoms with Crippen LogP contribution in [0.2, 0.25) is 0 Å². The number of hydrogen-bond donors (Lipinski definition) is 2. The number of unbranched alkanes of at least 4 members (excludes halogenated alkanes) is 2. The predicted molar refractivity (Wildman–Crippen MR) is 85.2 cm³/mol. The summed E-state index contributed by atoms with van der Waals surface area (Å²) in [5, 5.41) is 6.27. The number of carbonyl (C=O) groups is 1. The van der Waals surface area contributed by atoms with E-state index in [9.17, 15) is 4.79 Å². The van der Waals surface area contributed by atoms with E-state index in [1.165, 1.54) is 18.4 Å². The molecular formula is C16H25ClN2O. The topological polar surface area (TPSA) is 41.1 Å². The van der Waals surface area contributed by atoms with E-state index in [0.717, 1.165) is 38.9 Å². The van der Waals surface area contributed by atoms with E-state index in [4.69, 9.17) is 0 Å². The molecule has 1 aromatic carbocycles. The average Bonchev–Trinajstić information content (AvgIpc) is 2.98. The zero-order valence-electron chi connectivity index (χ0n) is 11.9. The van der Waals surface area contributed by atoms with Gasteiger partial charge in [-0.2, -0.15) is 0 Å². The molecule has 1 saturated heterocycles. The van der Waals surface area contributed by atoms with Crippen molar-refractivity contribution in [3.63, 3.8) is 0 Å². The van der Waals surface area contributed by atoms with Gasteiger partial charge < -0.3 is 10.6 Å². The van der Waals surface area contributed by atoms with E-state index in [1.807, 2.05) is 0 Å². The van der Waals surface area contributed by atoms with Crippen LogP contribution < -0.4 is 10.6 Å². The molecule has 1 amide bonds. The van der Waals surface area contributed by atoms with Crippen molar-refractivity contribution in [2.24, 2.45) is 5.92 Å². The van der Waals surface area contributed by atoms with Crippen LogP contribution in [0.1, 0.15) is 31.2 Å². The second-order valence-electron chi connectivity index (χ2n) is 5.28. The van der Waals surface area contributed by atoms with E-state index in [0.29, 0.717) is 0 Å². The van der Waals surface area contributed by atoms with Gasteiger partial charge in [-0.25, -0.2) is 0 Å². The second kappa shape index (κ2) is 9.78. The molecule has 0 spiro atoms. The summed E-state index contributed by atoms with van der Waals surface area (Å²) >= 11 is 0. The molecule has 2 N–H and O–H groups in total. The Bertz CT molecular complexity index is 377. The molecule has 0 aromatic heterocycles. The van der Waals surface area contributed by atoms with Gasteiger partial charge in [0.25, 0.3) is 0 Å². The van der Waals surface area contributed by atoms with Gasteiger partial charge in [0.2, 0.25) is 5.91 Å². The molecule has 0 bridgehead atoms. The molecule has 0 radical (unpaired) electrons. The summed E-state index contributed by atoms with van der Waals surface area (Å²) in [6.07, 6.45) is 5.59. The number of benzene rings is 1. The van der Waals surface area contributed by atoms with Crippen LogP contribution in [0.25, 0.3) is 0 Å². The highest BCUT2D eigenvalue weighted by molar-refractivity contribution is 5.85. The van der Waals surface area contributed by atoms with Gasteiger partial charge in [0, 0.05) is 13.1 Å². The van der Waals surface area contributed by atoms with Crippen molar-refractivity contribution in [3.8, 4) is 0 Å². The van der Waals surface area contributed by atoms with Gasteiger partial charge in [-0.1, -0.05) is 36.8 Å². The van der Waals surface area contributed by atoms with Crippen LogP contribution in [-0.4, -0.2) is 25.5 Å². The Labute approximate surface area is 127 Å². The maximum absolute atomic E-state index is 11.7. The summed E-state index contributed by atoms with van der Waals surface area (Å²) in [6, 6.07) is 10.6. The summed E-state index contributed by atoms with van der Waals surface area (Å²) in [5.41, 5.74) is 1.41. The van der Waals surface area contributed by atoms with Crippen LogP contribution >= 0.6 is 12.4 Å². The van der Waals surface area contributed by atoms with E-state index in [-0.39, 0.29) is 24.2 Å². The SMILES string of the molecule is Cl.O=C(NCCCCCc1ccccc1)C1CCNC1. The zero-order valence-corrected chi connectivity index (χ0v) is 12.8. The highest BCUT2D eigenvalue weighted by atomic mass is 35.5. The molecule has 1 unspecified atom stereocenters. The molecule has 3 nitrogen and oxygen atoms in total. The number of halogens is 1. The smallest absolute Gasteiger partial charge is 0.224 e. The number of carbonyl (C=O) groups excluding carboxylic acids is 1. The Balaban J connectivity index is 0.00000200. The molecule has 1 aliphatic heterocycles. The maximum Gasteiger partial charge on any atom is 0.224 e. The third-order valence-electron chi connectivity index (χ3n) is 3.72. The van der Waals surface area contributed by atoms with E-state index >= 15 is 0 Å². The monoisotopic (exact) mass is 296 g/mol. The fourth-order valence-corrected chi connectivity index (χ4v) is 2.51. The Kier molecular flexibility index (Phi) is 8.31. The van der Waals surface area contributed by atoms with Crippen LogP contribution in [0, 0.1) is 5.92 Å². The van der Waals surface area contributed by atoms with Crippen molar-refractivity contribution in [2.45, 2.75) is 32.1 Å². The first-order valence-corrected chi connectivity index (χ1v) is 7.38. The first-order chi connectivity index (χ1) is 9.36. The fraction of sp³-hybridized carbons (Fsp3) is 0.562.